The van der Waals surface area contributed by atoms with Gasteiger partial charge < -0.3 is 10.9 Å². The van der Waals surface area contributed by atoms with E-state index in [9.17, 15) is 0 Å². The lowest BCUT2D eigenvalue weighted by Crippen LogP contribution is -2.12. The van der Waals surface area contributed by atoms with Gasteiger partial charge in [-0.25, -0.2) is 0 Å². The minimum atomic E-state index is 0.128. The third-order valence-corrected chi connectivity index (χ3v) is 4.00. The van der Waals surface area contributed by atoms with Crippen LogP contribution in [0.2, 0.25) is 0 Å². The summed E-state index contributed by atoms with van der Waals surface area (Å²) in [6, 6.07) is 14.1. The highest BCUT2D eigenvalue weighted by atomic mass is 32.2. The molecule has 0 aliphatic carbocycles. The topological polar surface area (TPSA) is 58.6 Å². The molecule has 0 spiro atoms. The third-order valence-electron chi connectivity index (χ3n) is 2.83. The Bertz CT molecular complexity index is 606. The highest BCUT2D eigenvalue weighted by molar-refractivity contribution is 7.99. The predicted molar refractivity (Wildman–Crippen MR) is 79.0 cm³/mol. The van der Waals surface area contributed by atoms with Crippen molar-refractivity contribution < 1.29 is 5.21 Å². The summed E-state index contributed by atoms with van der Waals surface area (Å²) in [5.74, 6) is 0.128. The van der Waals surface area contributed by atoms with Crippen molar-refractivity contribution in [2.45, 2.75) is 23.6 Å². The van der Waals surface area contributed by atoms with Crippen LogP contribution in [-0.4, -0.2) is 11.0 Å². The van der Waals surface area contributed by atoms with Crippen molar-refractivity contribution in [3.63, 3.8) is 0 Å². The van der Waals surface area contributed by atoms with Gasteiger partial charge in [0.1, 0.15) is 0 Å². The maximum Gasteiger partial charge on any atom is 0.170 e. The van der Waals surface area contributed by atoms with Crippen LogP contribution in [0, 0.1) is 13.8 Å². The van der Waals surface area contributed by atoms with E-state index in [1.54, 1.807) is 11.8 Å². The summed E-state index contributed by atoms with van der Waals surface area (Å²) in [5, 5.41) is 11.6. The molecule has 98 valence electrons. The minimum Gasteiger partial charge on any atom is -0.409 e. The molecule has 2 aromatic carbocycles. The normalized spacial score (nSPS) is 11.6. The van der Waals surface area contributed by atoms with Crippen LogP contribution in [0.5, 0.6) is 0 Å². The first-order valence-corrected chi connectivity index (χ1v) is 6.75. The Balaban J connectivity index is 2.22. The van der Waals surface area contributed by atoms with Crippen molar-refractivity contribution in [3.8, 4) is 0 Å². The number of aryl methyl sites for hydroxylation is 2. The molecule has 4 heteroatoms. The van der Waals surface area contributed by atoms with E-state index in [4.69, 9.17) is 10.9 Å². The Morgan fingerprint density at radius 3 is 2.42 bits per heavy atom. The quantitative estimate of drug-likeness (QED) is 0.389. The molecule has 0 bridgehead atoms. The van der Waals surface area contributed by atoms with E-state index in [2.05, 4.69) is 37.2 Å². The number of benzene rings is 2. The number of oxime groups is 1. The van der Waals surface area contributed by atoms with Gasteiger partial charge in [0.2, 0.25) is 0 Å². The zero-order valence-electron chi connectivity index (χ0n) is 10.9. The summed E-state index contributed by atoms with van der Waals surface area (Å²) >= 11 is 1.71. The van der Waals surface area contributed by atoms with Gasteiger partial charge in [-0.1, -0.05) is 41.2 Å². The molecule has 0 heterocycles. The van der Waals surface area contributed by atoms with Gasteiger partial charge in [-0.05, 0) is 43.2 Å². The molecule has 3 N–H and O–H groups in total. The maximum absolute atomic E-state index is 8.62. The molecule has 0 aliphatic heterocycles. The third kappa shape index (κ3) is 3.29. The summed E-state index contributed by atoms with van der Waals surface area (Å²) < 4.78 is 0. The minimum absolute atomic E-state index is 0.128. The van der Waals surface area contributed by atoms with Gasteiger partial charge in [0.15, 0.2) is 5.84 Å². The fourth-order valence-corrected chi connectivity index (χ4v) is 2.70. The number of rotatable bonds is 3. The number of hydrogen-bond donors (Lipinski definition) is 2. The molecule has 0 aliphatic rings. The van der Waals surface area contributed by atoms with Gasteiger partial charge in [0.05, 0.1) is 0 Å². The lowest BCUT2D eigenvalue weighted by Gasteiger charge is -2.07. The highest BCUT2D eigenvalue weighted by Gasteiger charge is 2.03. The van der Waals surface area contributed by atoms with Crippen LogP contribution >= 0.6 is 11.8 Å². The SMILES string of the molecule is Cc1ccc(C)c(Sc2ccc(/C(N)=N/O)cc2)c1. The highest BCUT2D eigenvalue weighted by Crippen LogP contribution is 2.30. The number of amidine groups is 1. The van der Waals surface area contributed by atoms with Crippen LogP contribution in [0.25, 0.3) is 0 Å². The van der Waals surface area contributed by atoms with Gasteiger partial charge in [-0.15, -0.1) is 0 Å². The van der Waals surface area contributed by atoms with Crippen LogP contribution in [0.1, 0.15) is 16.7 Å². The number of hydrogen-bond acceptors (Lipinski definition) is 3. The second kappa shape index (κ2) is 5.80. The van der Waals surface area contributed by atoms with Crippen molar-refractivity contribution in [2.24, 2.45) is 10.9 Å². The maximum atomic E-state index is 8.62. The van der Waals surface area contributed by atoms with Gasteiger partial charge >= 0.3 is 0 Å². The molecular formula is C15H16N2OS. The van der Waals surface area contributed by atoms with E-state index >= 15 is 0 Å². The monoisotopic (exact) mass is 272 g/mol. The van der Waals surface area contributed by atoms with Crippen LogP contribution in [0.3, 0.4) is 0 Å². The zero-order chi connectivity index (χ0) is 13.8. The van der Waals surface area contributed by atoms with Gasteiger partial charge in [-0.3, -0.25) is 0 Å². The summed E-state index contributed by atoms with van der Waals surface area (Å²) in [7, 11) is 0. The Kier molecular flexibility index (Phi) is 4.12. The van der Waals surface area contributed by atoms with Crippen molar-refractivity contribution >= 4 is 17.6 Å². The predicted octanol–water partition coefficient (Wildman–Crippen LogP) is 3.55. The van der Waals surface area contributed by atoms with E-state index < -0.39 is 0 Å². The molecule has 0 saturated carbocycles. The van der Waals surface area contributed by atoms with Crippen LogP contribution in [-0.2, 0) is 0 Å². The largest absolute Gasteiger partial charge is 0.409 e. The molecule has 0 fully saturated rings. The first-order chi connectivity index (χ1) is 9.10. The number of nitrogens with two attached hydrogens (primary N) is 1. The summed E-state index contributed by atoms with van der Waals surface area (Å²) in [6.45, 7) is 4.19. The van der Waals surface area contributed by atoms with Crippen molar-refractivity contribution in [3.05, 3.63) is 59.2 Å². The Hall–Kier alpha value is -1.94. The molecule has 0 saturated heterocycles. The van der Waals surface area contributed by atoms with Crippen molar-refractivity contribution in [2.75, 3.05) is 0 Å². The molecule has 3 nitrogen and oxygen atoms in total. The van der Waals surface area contributed by atoms with Crippen LogP contribution < -0.4 is 5.73 Å². The molecule has 2 aromatic rings. The van der Waals surface area contributed by atoms with Gasteiger partial charge in [-0.2, -0.15) is 0 Å². The second-order valence-corrected chi connectivity index (χ2v) is 5.50. The lowest BCUT2D eigenvalue weighted by molar-refractivity contribution is 0.318. The summed E-state index contributed by atoms with van der Waals surface area (Å²) in [5.41, 5.74) is 8.76. The Morgan fingerprint density at radius 2 is 1.79 bits per heavy atom. The van der Waals surface area contributed by atoms with Crippen LogP contribution in [0.4, 0.5) is 0 Å². The van der Waals surface area contributed by atoms with Crippen molar-refractivity contribution in [1.29, 1.82) is 0 Å². The molecule has 0 aromatic heterocycles. The van der Waals surface area contributed by atoms with E-state index in [0.717, 1.165) is 4.90 Å². The molecule has 0 unspecified atom stereocenters. The first kappa shape index (κ1) is 13.5. The van der Waals surface area contributed by atoms with E-state index in [1.165, 1.54) is 16.0 Å². The Labute approximate surface area is 117 Å². The van der Waals surface area contributed by atoms with Gasteiger partial charge in [0.25, 0.3) is 0 Å². The van der Waals surface area contributed by atoms with Crippen LogP contribution in [0.15, 0.2) is 57.4 Å². The smallest absolute Gasteiger partial charge is 0.170 e. The molecule has 0 amide bonds. The standard InChI is InChI=1S/C15H16N2OS/c1-10-3-4-11(2)14(9-10)19-13-7-5-12(6-8-13)15(16)17-18/h3-9,18H,1-2H3,(H2,16,17). The van der Waals surface area contributed by atoms with Crippen molar-refractivity contribution in [1.82, 2.24) is 0 Å². The molecular weight excluding hydrogens is 256 g/mol. The second-order valence-electron chi connectivity index (χ2n) is 4.38. The Morgan fingerprint density at radius 1 is 1.11 bits per heavy atom. The fourth-order valence-electron chi connectivity index (χ4n) is 1.70. The van der Waals surface area contributed by atoms with Gasteiger partial charge in [0, 0.05) is 15.4 Å². The number of nitrogens with zero attached hydrogens (tertiary/aromatic N) is 1. The average molecular weight is 272 g/mol. The zero-order valence-corrected chi connectivity index (χ0v) is 11.7. The molecule has 0 atom stereocenters. The van der Waals surface area contributed by atoms with E-state index in [0.29, 0.717) is 5.56 Å². The first-order valence-electron chi connectivity index (χ1n) is 5.93. The fraction of sp³-hybridized carbons (Fsp3) is 0.133. The molecule has 19 heavy (non-hydrogen) atoms. The summed E-state index contributed by atoms with van der Waals surface area (Å²) in [4.78, 5) is 2.37. The lowest BCUT2D eigenvalue weighted by atomic mass is 10.2. The summed E-state index contributed by atoms with van der Waals surface area (Å²) in [6.07, 6.45) is 0. The van der Waals surface area contributed by atoms with E-state index in [-0.39, 0.29) is 5.84 Å². The average Bonchev–Trinajstić information content (AvgIpc) is 2.43. The molecule has 0 radical (unpaired) electrons. The molecule has 2 rings (SSSR count). The van der Waals surface area contributed by atoms with E-state index in [1.807, 2.05) is 24.3 Å².